The highest BCUT2D eigenvalue weighted by Crippen LogP contribution is 2.10. The number of hydrazine groups is 1. The number of benzene rings is 1. The van der Waals surface area contributed by atoms with Crippen LogP contribution in [0.5, 0.6) is 0 Å². The van der Waals surface area contributed by atoms with Gasteiger partial charge in [0.1, 0.15) is 0 Å². The molecule has 4 N–H and O–H groups in total. The van der Waals surface area contributed by atoms with Gasteiger partial charge in [0, 0.05) is 11.3 Å². The zero-order valence-electron chi connectivity index (χ0n) is 7.50. The molecule has 1 rings (SSSR count). The van der Waals surface area contributed by atoms with Gasteiger partial charge in [-0.2, -0.15) is 0 Å². The molecule has 0 spiro atoms. The third-order valence-electron chi connectivity index (χ3n) is 1.66. The molecule has 4 nitrogen and oxygen atoms in total. The summed E-state index contributed by atoms with van der Waals surface area (Å²) in [5.41, 5.74) is 4.05. The summed E-state index contributed by atoms with van der Waals surface area (Å²) in [6.45, 7) is 2.02. The van der Waals surface area contributed by atoms with E-state index in [0.717, 1.165) is 5.69 Å². The van der Waals surface area contributed by atoms with Crippen molar-refractivity contribution in [3.05, 3.63) is 29.8 Å². The van der Waals surface area contributed by atoms with Crippen LogP contribution >= 0.6 is 0 Å². The lowest BCUT2D eigenvalue weighted by Crippen LogP contribution is -2.28. The Morgan fingerprint density at radius 1 is 1.54 bits per heavy atom. The molecule has 4 heteroatoms. The summed E-state index contributed by atoms with van der Waals surface area (Å²) in [5, 5.41) is 3.00. The Morgan fingerprint density at radius 2 is 2.31 bits per heavy atom. The Balaban J connectivity index is 2.73. The number of anilines is 1. The minimum atomic E-state index is 0.0596. The Labute approximate surface area is 77.1 Å². The smallest absolute Gasteiger partial charge is 0.159 e. The standard InChI is InChI=1S/C9H13N3O/c1-7(13)8-3-2-4-9(5-8)11-6-12-10/h2-5,11-12H,6,10H2,1H3. The van der Waals surface area contributed by atoms with E-state index in [4.69, 9.17) is 5.84 Å². The van der Waals surface area contributed by atoms with Gasteiger partial charge in [0.05, 0.1) is 6.67 Å². The molecule has 0 bridgehead atoms. The molecule has 0 atom stereocenters. The number of hydrogen-bond acceptors (Lipinski definition) is 4. The topological polar surface area (TPSA) is 67.2 Å². The third-order valence-corrected chi connectivity index (χ3v) is 1.66. The molecule has 0 heterocycles. The minimum absolute atomic E-state index is 0.0596. The fourth-order valence-corrected chi connectivity index (χ4v) is 1.00. The number of carbonyl (C=O) groups excluding carboxylic acids is 1. The first-order valence-corrected chi connectivity index (χ1v) is 4.02. The lowest BCUT2D eigenvalue weighted by molar-refractivity contribution is 0.101. The molecule has 0 aliphatic carbocycles. The van der Waals surface area contributed by atoms with E-state index in [1.54, 1.807) is 19.1 Å². The quantitative estimate of drug-likeness (QED) is 0.276. The monoisotopic (exact) mass is 179 g/mol. The van der Waals surface area contributed by atoms with Gasteiger partial charge >= 0.3 is 0 Å². The highest BCUT2D eigenvalue weighted by molar-refractivity contribution is 5.94. The van der Waals surface area contributed by atoms with Crippen LogP contribution in [0.15, 0.2) is 24.3 Å². The van der Waals surface area contributed by atoms with Gasteiger partial charge in [0.15, 0.2) is 5.78 Å². The highest BCUT2D eigenvalue weighted by atomic mass is 16.1. The molecule has 0 radical (unpaired) electrons. The number of carbonyl (C=O) groups is 1. The van der Waals surface area contributed by atoms with Gasteiger partial charge in [-0.3, -0.25) is 10.6 Å². The fourth-order valence-electron chi connectivity index (χ4n) is 1.00. The summed E-state index contributed by atoms with van der Waals surface area (Å²) in [4.78, 5) is 11.0. The van der Waals surface area contributed by atoms with Crippen molar-refractivity contribution in [3.63, 3.8) is 0 Å². The van der Waals surface area contributed by atoms with Gasteiger partial charge in [-0.1, -0.05) is 12.1 Å². The maximum Gasteiger partial charge on any atom is 0.159 e. The van der Waals surface area contributed by atoms with Crippen LogP contribution in [0, 0.1) is 0 Å². The van der Waals surface area contributed by atoms with E-state index < -0.39 is 0 Å². The van der Waals surface area contributed by atoms with E-state index in [1.165, 1.54) is 0 Å². The summed E-state index contributed by atoms with van der Waals surface area (Å²) in [6, 6.07) is 7.28. The number of nitrogens with two attached hydrogens (primary N) is 1. The minimum Gasteiger partial charge on any atom is -0.371 e. The third kappa shape index (κ3) is 2.85. The van der Waals surface area contributed by atoms with Crippen LogP contribution in [0.4, 0.5) is 5.69 Å². The molecule has 0 saturated carbocycles. The molecule has 1 aromatic carbocycles. The van der Waals surface area contributed by atoms with Crippen molar-refractivity contribution in [2.24, 2.45) is 5.84 Å². The first-order valence-electron chi connectivity index (χ1n) is 4.02. The Bertz CT molecular complexity index is 299. The Hall–Kier alpha value is -1.39. The van der Waals surface area contributed by atoms with E-state index in [9.17, 15) is 4.79 Å². The summed E-state index contributed by atoms with van der Waals surface area (Å²) in [7, 11) is 0. The van der Waals surface area contributed by atoms with Crippen molar-refractivity contribution in [2.75, 3.05) is 12.0 Å². The maximum atomic E-state index is 11.0. The van der Waals surface area contributed by atoms with E-state index >= 15 is 0 Å². The van der Waals surface area contributed by atoms with Crippen LogP contribution in [0.25, 0.3) is 0 Å². The number of ketones is 1. The number of Topliss-reactive ketones (excluding diaryl/α,β-unsaturated/α-hetero) is 1. The molecule has 0 aliphatic heterocycles. The summed E-state index contributed by atoms with van der Waals surface area (Å²) < 4.78 is 0. The Kier molecular flexibility index (Phi) is 3.42. The van der Waals surface area contributed by atoms with Crippen molar-refractivity contribution in [1.29, 1.82) is 0 Å². The van der Waals surface area contributed by atoms with E-state index in [1.807, 2.05) is 12.1 Å². The SMILES string of the molecule is CC(=O)c1cccc(NCNN)c1. The average molecular weight is 179 g/mol. The normalized spacial score (nSPS) is 9.69. The zero-order chi connectivity index (χ0) is 9.68. The van der Waals surface area contributed by atoms with E-state index in [-0.39, 0.29) is 5.78 Å². The van der Waals surface area contributed by atoms with Gasteiger partial charge < -0.3 is 5.32 Å². The van der Waals surface area contributed by atoms with Crippen LogP contribution in [0.2, 0.25) is 0 Å². The lowest BCUT2D eigenvalue weighted by Gasteiger charge is -2.05. The van der Waals surface area contributed by atoms with Gasteiger partial charge in [0.2, 0.25) is 0 Å². The van der Waals surface area contributed by atoms with E-state index in [0.29, 0.717) is 12.2 Å². The molecule has 0 amide bonds. The summed E-state index contributed by atoms with van der Waals surface area (Å²) >= 11 is 0. The predicted octanol–water partition coefficient (Wildman–Crippen LogP) is 0.722. The van der Waals surface area contributed by atoms with Crippen molar-refractivity contribution in [3.8, 4) is 0 Å². The van der Waals surface area contributed by atoms with Crippen molar-refractivity contribution < 1.29 is 4.79 Å². The van der Waals surface area contributed by atoms with Crippen LogP contribution in [-0.4, -0.2) is 12.5 Å². The van der Waals surface area contributed by atoms with Gasteiger partial charge in [-0.15, -0.1) is 0 Å². The first kappa shape index (κ1) is 9.70. The largest absolute Gasteiger partial charge is 0.371 e. The highest BCUT2D eigenvalue weighted by Gasteiger charge is 1.98. The molecule has 0 fully saturated rings. The van der Waals surface area contributed by atoms with Crippen molar-refractivity contribution in [1.82, 2.24) is 5.43 Å². The second-order valence-electron chi connectivity index (χ2n) is 2.69. The Morgan fingerprint density at radius 3 is 2.92 bits per heavy atom. The molecule has 70 valence electrons. The summed E-state index contributed by atoms with van der Waals surface area (Å²) in [5.74, 6) is 5.15. The van der Waals surface area contributed by atoms with Crippen molar-refractivity contribution >= 4 is 11.5 Å². The first-order chi connectivity index (χ1) is 6.24. The van der Waals surface area contributed by atoms with E-state index in [2.05, 4.69) is 10.7 Å². The van der Waals surface area contributed by atoms with Gasteiger partial charge in [-0.05, 0) is 19.1 Å². The molecule has 0 aromatic heterocycles. The molecule has 13 heavy (non-hydrogen) atoms. The predicted molar refractivity (Wildman–Crippen MR) is 52.3 cm³/mol. The molecule has 0 aliphatic rings. The molecule has 0 unspecified atom stereocenters. The number of nitrogens with one attached hydrogen (secondary N) is 2. The van der Waals surface area contributed by atoms with Gasteiger partial charge in [0.25, 0.3) is 0 Å². The zero-order valence-corrected chi connectivity index (χ0v) is 7.50. The van der Waals surface area contributed by atoms with Crippen LogP contribution in [0.3, 0.4) is 0 Å². The molecule has 0 saturated heterocycles. The fraction of sp³-hybridized carbons (Fsp3) is 0.222. The van der Waals surface area contributed by atoms with Crippen LogP contribution < -0.4 is 16.6 Å². The second kappa shape index (κ2) is 4.59. The second-order valence-corrected chi connectivity index (χ2v) is 2.69. The van der Waals surface area contributed by atoms with Crippen LogP contribution in [-0.2, 0) is 0 Å². The summed E-state index contributed by atoms with van der Waals surface area (Å²) in [6.07, 6.45) is 0. The molecular weight excluding hydrogens is 166 g/mol. The average Bonchev–Trinajstić information content (AvgIpc) is 2.15. The maximum absolute atomic E-state index is 11.0. The van der Waals surface area contributed by atoms with Crippen LogP contribution in [0.1, 0.15) is 17.3 Å². The molecule has 1 aromatic rings. The lowest BCUT2D eigenvalue weighted by atomic mass is 10.1. The van der Waals surface area contributed by atoms with Gasteiger partial charge in [-0.25, -0.2) is 5.43 Å². The number of rotatable bonds is 4. The molecular formula is C9H13N3O. The number of hydrogen-bond donors (Lipinski definition) is 3. The van der Waals surface area contributed by atoms with Crippen molar-refractivity contribution in [2.45, 2.75) is 6.92 Å².